The number of aliphatic hydroxyl groups is 2. The van der Waals surface area contributed by atoms with Crippen molar-refractivity contribution in [2.45, 2.75) is 83.6 Å². The molecule has 2 aromatic heterocycles. The fourth-order valence-electron chi connectivity index (χ4n) is 6.61. The normalized spacial score (nSPS) is 26.4. The van der Waals surface area contributed by atoms with Crippen LogP contribution >= 0.6 is 11.3 Å². The smallest absolute Gasteiger partial charge is 0.477 e. The Morgan fingerprint density at radius 3 is 2.55 bits per heavy atom. The highest BCUT2D eigenvalue weighted by molar-refractivity contribution is 7.18. The second-order valence-corrected chi connectivity index (χ2v) is 11.9. The van der Waals surface area contributed by atoms with Gasteiger partial charge in [-0.25, -0.2) is 14.6 Å². The van der Waals surface area contributed by atoms with Gasteiger partial charge in [0.1, 0.15) is 41.4 Å². The van der Waals surface area contributed by atoms with Crippen molar-refractivity contribution in [3.8, 4) is 0 Å². The fraction of sp³-hybridized carbons (Fsp3) is 0.593. The highest BCUT2D eigenvalue weighted by atomic mass is 32.1. The lowest BCUT2D eigenvalue weighted by Crippen LogP contribution is -2.68. The lowest BCUT2D eigenvalue weighted by Gasteiger charge is -2.52. The van der Waals surface area contributed by atoms with Gasteiger partial charge in [0.25, 0.3) is 0 Å². The van der Waals surface area contributed by atoms with E-state index in [2.05, 4.69) is 4.98 Å². The number of aliphatic hydroxyl groups excluding tert-OH is 2. The van der Waals surface area contributed by atoms with Gasteiger partial charge in [-0.15, -0.1) is 11.3 Å². The van der Waals surface area contributed by atoms with Gasteiger partial charge < -0.3 is 29.7 Å². The van der Waals surface area contributed by atoms with Crippen molar-refractivity contribution in [2.75, 3.05) is 6.61 Å². The second kappa shape index (κ2) is 10.6. The summed E-state index contributed by atoms with van der Waals surface area (Å²) in [5, 5.41) is 30.3. The van der Waals surface area contributed by atoms with Crippen LogP contribution in [0.2, 0.25) is 0 Å². The van der Waals surface area contributed by atoms with E-state index in [0.717, 1.165) is 43.4 Å². The number of carbonyl (C=O) groups excluding carboxylic acids is 3. The van der Waals surface area contributed by atoms with Crippen LogP contribution < -0.4 is 0 Å². The van der Waals surface area contributed by atoms with Crippen molar-refractivity contribution >= 4 is 45.6 Å². The molecule has 3 aliphatic rings. The monoisotopic (exact) mass is 575 g/mol. The van der Waals surface area contributed by atoms with E-state index in [4.69, 9.17) is 9.47 Å². The molecule has 1 amide bonds. The van der Waals surface area contributed by atoms with Gasteiger partial charge in [-0.2, -0.15) is 0 Å². The minimum atomic E-state index is -1.34. The Hall–Kier alpha value is -3.29. The molecular formula is C27H33N3O9S. The van der Waals surface area contributed by atoms with E-state index in [1.165, 1.54) is 18.2 Å². The summed E-state index contributed by atoms with van der Waals surface area (Å²) >= 11 is 1.09. The molecule has 12 nitrogen and oxygen atoms in total. The minimum absolute atomic E-state index is 0.0384. The number of hydrogen-bond donors (Lipinski definition) is 3. The molecule has 1 saturated heterocycles. The van der Waals surface area contributed by atoms with Crippen LogP contribution in [-0.2, 0) is 19.1 Å². The Labute approximate surface area is 234 Å². The summed E-state index contributed by atoms with van der Waals surface area (Å²) in [6.45, 7) is 4.28. The largest absolute Gasteiger partial charge is 0.508 e. The van der Waals surface area contributed by atoms with Crippen molar-refractivity contribution < 1.29 is 44.0 Å². The lowest BCUT2D eigenvalue weighted by molar-refractivity contribution is -0.171. The number of imidazole rings is 1. The van der Waals surface area contributed by atoms with E-state index < -0.39 is 60.0 Å². The van der Waals surface area contributed by atoms with Crippen LogP contribution in [0.5, 0.6) is 0 Å². The molecule has 0 spiro atoms. The van der Waals surface area contributed by atoms with Crippen LogP contribution in [0.25, 0.3) is 10.4 Å². The highest BCUT2D eigenvalue weighted by Crippen LogP contribution is 2.61. The number of aliphatic carboxylic acids is 1. The zero-order valence-corrected chi connectivity index (χ0v) is 23.3. The average Bonchev–Trinajstić information content (AvgIpc) is 3.56. The molecule has 2 aromatic rings. The Kier molecular flexibility index (Phi) is 7.48. The number of Topliss-reactive ketones (excluding diaryl/α,β-unsaturated/α-hetero) is 1. The van der Waals surface area contributed by atoms with Crippen LogP contribution in [0.15, 0.2) is 18.2 Å². The number of thiazole rings is 1. The number of β-lactam (4-membered cyclic amide) rings is 1. The van der Waals surface area contributed by atoms with Crippen molar-refractivity contribution in [3.63, 3.8) is 0 Å². The van der Waals surface area contributed by atoms with Crippen LogP contribution in [-0.4, -0.2) is 84.4 Å². The summed E-state index contributed by atoms with van der Waals surface area (Å²) in [6.07, 6.45) is 4.68. The van der Waals surface area contributed by atoms with Gasteiger partial charge in [-0.1, -0.05) is 13.3 Å². The number of nitrogens with zero attached hydrogens (tertiary/aromatic N) is 3. The standard InChI is InChI=1S/C27H33N3O9S/c1-4-17(39-26(37)38-14-8-6-5-7-9-14)27(3)19(16-10-29-12-28-20(15(33)11-31)24(29)40-16)21(25(35)36)30-22(27)18(13(2)32)23(30)34/h10,12-14,17-18,22,31-32H,4-9,11H2,1-3H3,(H,35,36)/t13-,17?,18-,22-,27+/m1/s1. The Bertz CT molecular complexity index is 1390. The van der Waals surface area contributed by atoms with Gasteiger partial charge >= 0.3 is 12.1 Å². The summed E-state index contributed by atoms with van der Waals surface area (Å²) in [6, 6.07) is -0.799. The zero-order chi connectivity index (χ0) is 28.9. The number of aromatic nitrogens is 2. The summed E-state index contributed by atoms with van der Waals surface area (Å²) in [4.78, 5) is 57.3. The highest BCUT2D eigenvalue weighted by Gasteiger charge is 2.69. The number of carboxylic acids is 1. The summed E-state index contributed by atoms with van der Waals surface area (Å²) in [7, 11) is 0. The van der Waals surface area contributed by atoms with Gasteiger partial charge in [-0.3, -0.25) is 14.0 Å². The van der Waals surface area contributed by atoms with Crippen molar-refractivity contribution in [1.82, 2.24) is 14.3 Å². The predicted molar refractivity (Wildman–Crippen MR) is 141 cm³/mol. The van der Waals surface area contributed by atoms with E-state index in [0.29, 0.717) is 9.71 Å². The fourth-order valence-corrected chi connectivity index (χ4v) is 7.87. The first-order valence-corrected chi connectivity index (χ1v) is 14.3. The van der Waals surface area contributed by atoms with Crippen LogP contribution in [0.4, 0.5) is 4.79 Å². The summed E-state index contributed by atoms with van der Waals surface area (Å²) in [5.74, 6) is -3.38. The SMILES string of the molecule is CCC(OC(=O)OC1CCCCC1)[C@@]1(C)C(c2cn3cnc(C(=O)CO)c3s2)=C(C(=O)O)N2C(=O)[C@H]([C@@H](C)O)[C@@H]21. The number of amides is 1. The van der Waals surface area contributed by atoms with E-state index in [1.54, 1.807) is 24.4 Å². The topological polar surface area (TPSA) is 168 Å². The number of carbonyl (C=O) groups is 4. The van der Waals surface area contributed by atoms with Gasteiger partial charge in [0, 0.05) is 11.8 Å². The van der Waals surface area contributed by atoms with E-state index in [-0.39, 0.29) is 29.5 Å². The lowest BCUT2D eigenvalue weighted by atomic mass is 9.64. The molecule has 2 aliphatic heterocycles. The van der Waals surface area contributed by atoms with Gasteiger partial charge in [-0.05, 0) is 46.0 Å². The number of ketones is 1. The third-order valence-corrected chi connectivity index (χ3v) is 9.58. The molecule has 4 heterocycles. The minimum Gasteiger partial charge on any atom is -0.477 e. The second-order valence-electron chi connectivity index (χ2n) is 10.9. The van der Waals surface area contributed by atoms with Crippen molar-refractivity contribution in [2.24, 2.45) is 11.3 Å². The molecule has 0 radical (unpaired) electrons. The number of hydrogen-bond acceptors (Lipinski definition) is 10. The van der Waals surface area contributed by atoms with Crippen LogP contribution in [0.1, 0.15) is 74.7 Å². The Morgan fingerprint density at radius 2 is 1.95 bits per heavy atom. The number of fused-ring (bicyclic) bond motifs is 2. The van der Waals surface area contributed by atoms with Crippen LogP contribution in [0, 0.1) is 11.3 Å². The van der Waals surface area contributed by atoms with E-state index in [1.807, 2.05) is 0 Å². The van der Waals surface area contributed by atoms with E-state index in [9.17, 15) is 34.5 Å². The third-order valence-electron chi connectivity index (χ3n) is 8.45. The molecular weight excluding hydrogens is 542 g/mol. The molecule has 1 saturated carbocycles. The molecule has 2 fully saturated rings. The molecule has 0 aromatic carbocycles. The first-order chi connectivity index (χ1) is 19.0. The van der Waals surface area contributed by atoms with Gasteiger partial charge in [0.15, 0.2) is 0 Å². The first kappa shape index (κ1) is 28.2. The van der Waals surface area contributed by atoms with Crippen LogP contribution in [0.3, 0.4) is 0 Å². The maximum atomic E-state index is 13.2. The molecule has 1 aliphatic carbocycles. The molecule has 0 bridgehead atoms. The van der Waals surface area contributed by atoms with Gasteiger partial charge in [0.2, 0.25) is 11.7 Å². The Morgan fingerprint density at radius 1 is 1.25 bits per heavy atom. The quantitative estimate of drug-likeness (QED) is 0.230. The third kappa shape index (κ3) is 4.31. The molecule has 5 atom stereocenters. The Balaban J connectivity index is 1.61. The average molecular weight is 576 g/mol. The number of carboxylic acid groups (broad SMARTS) is 1. The molecule has 40 heavy (non-hydrogen) atoms. The number of rotatable bonds is 9. The summed E-state index contributed by atoms with van der Waals surface area (Å²) < 4.78 is 13.1. The van der Waals surface area contributed by atoms with Crippen molar-refractivity contribution in [3.05, 3.63) is 28.8 Å². The summed E-state index contributed by atoms with van der Waals surface area (Å²) in [5.41, 5.74) is -1.21. The molecule has 3 N–H and O–H groups in total. The molecule has 5 rings (SSSR count). The maximum Gasteiger partial charge on any atom is 0.508 e. The van der Waals surface area contributed by atoms with Gasteiger partial charge in [0.05, 0.1) is 28.4 Å². The maximum absolute atomic E-state index is 13.2. The number of ether oxygens (including phenoxy) is 2. The molecule has 1 unspecified atom stereocenters. The molecule has 216 valence electrons. The predicted octanol–water partition coefficient (Wildman–Crippen LogP) is 2.86. The van der Waals surface area contributed by atoms with E-state index >= 15 is 0 Å². The van der Waals surface area contributed by atoms with Crippen molar-refractivity contribution in [1.29, 1.82) is 0 Å². The zero-order valence-electron chi connectivity index (χ0n) is 22.5. The molecule has 13 heteroatoms. The first-order valence-electron chi connectivity index (χ1n) is 13.5.